The van der Waals surface area contributed by atoms with Crippen LogP contribution in [0.2, 0.25) is 0 Å². The molecule has 2 aromatic carbocycles. The van der Waals surface area contributed by atoms with Crippen molar-refractivity contribution >= 4 is 23.4 Å². The van der Waals surface area contributed by atoms with Gasteiger partial charge in [-0.3, -0.25) is 14.9 Å². The first-order valence-electron chi connectivity index (χ1n) is 10.4. The van der Waals surface area contributed by atoms with Crippen LogP contribution in [0.3, 0.4) is 0 Å². The highest BCUT2D eigenvalue weighted by Crippen LogP contribution is 2.37. The summed E-state index contributed by atoms with van der Waals surface area (Å²) in [6.45, 7) is 6.26. The summed E-state index contributed by atoms with van der Waals surface area (Å²) in [6, 6.07) is 11.9. The lowest BCUT2D eigenvalue weighted by Gasteiger charge is -2.28. The predicted octanol–water partition coefficient (Wildman–Crippen LogP) is 3.20. The summed E-state index contributed by atoms with van der Waals surface area (Å²) in [7, 11) is 1.20. The molecule has 0 saturated carbocycles. The van der Waals surface area contributed by atoms with Crippen LogP contribution in [0.1, 0.15) is 48.3 Å². The van der Waals surface area contributed by atoms with Gasteiger partial charge in [-0.15, -0.1) is 0 Å². The van der Waals surface area contributed by atoms with Gasteiger partial charge in [0.25, 0.3) is 5.69 Å². The molecule has 1 atom stereocenters. The highest BCUT2D eigenvalue weighted by atomic mass is 16.6. The van der Waals surface area contributed by atoms with Crippen LogP contribution in [-0.2, 0) is 14.9 Å². The number of carbonyl (C=O) groups excluding carboxylic acids is 2. The molecule has 3 aromatic rings. The number of methoxy groups -OCH3 is 1. The van der Waals surface area contributed by atoms with Gasteiger partial charge >= 0.3 is 5.97 Å². The number of nitrogens with zero attached hydrogens (tertiary/aromatic N) is 5. The number of benzene rings is 2. The Balaban J connectivity index is 1.89. The first kappa shape index (κ1) is 22.8. The zero-order chi connectivity index (χ0) is 24.6. The summed E-state index contributed by atoms with van der Waals surface area (Å²) >= 11 is 0. The number of carbonyl (C=O) groups is 2. The molecule has 1 N–H and O–H groups in total. The molecule has 0 bridgehead atoms. The van der Waals surface area contributed by atoms with Crippen molar-refractivity contribution in [2.75, 3.05) is 12.4 Å². The molecule has 0 spiro atoms. The third-order valence-electron chi connectivity index (χ3n) is 5.58. The number of nitrogens with one attached hydrogen (secondary N) is 1. The van der Waals surface area contributed by atoms with Gasteiger partial charge in [-0.05, 0) is 39.1 Å². The van der Waals surface area contributed by atoms with E-state index in [4.69, 9.17) is 4.74 Å². The van der Waals surface area contributed by atoms with Crippen LogP contribution in [0.4, 0.5) is 11.6 Å². The maximum atomic E-state index is 13.7. The zero-order valence-corrected chi connectivity index (χ0v) is 19.0. The van der Waals surface area contributed by atoms with Crippen LogP contribution >= 0.6 is 0 Å². The smallest absolute Gasteiger partial charge is 0.355 e. The van der Waals surface area contributed by atoms with Gasteiger partial charge in [0.05, 0.1) is 17.6 Å². The van der Waals surface area contributed by atoms with Crippen molar-refractivity contribution in [3.63, 3.8) is 0 Å². The van der Waals surface area contributed by atoms with E-state index in [2.05, 4.69) is 41.6 Å². The highest BCUT2D eigenvalue weighted by Gasteiger charge is 2.38. The van der Waals surface area contributed by atoms with Crippen molar-refractivity contribution in [3.8, 4) is 0 Å². The number of Topliss-reactive ketones (excluding diaryl/α,β-unsaturated/α-hetero) is 1. The molecule has 4 rings (SSSR count). The monoisotopic (exact) mass is 462 g/mol. The minimum Gasteiger partial charge on any atom is -0.464 e. The van der Waals surface area contributed by atoms with Crippen LogP contribution < -0.4 is 5.32 Å². The lowest BCUT2D eigenvalue weighted by molar-refractivity contribution is -0.384. The molecule has 34 heavy (non-hydrogen) atoms. The number of non-ortho nitro benzene ring substituents is 1. The van der Waals surface area contributed by atoms with Crippen molar-refractivity contribution in [3.05, 3.63) is 86.6 Å². The van der Waals surface area contributed by atoms with Crippen LogP contribution in [0.5, 0.6) is 0 Å². The van der Waals surface area contributed by atoms with Gasteiger partial charge in [-0.25, -0.2) is 4.79 Å². The van der Waals surface area contributed by atoms with Gasteiger partial charge in [-0.1, -0.05) is 50.1 Å². The third kappa shape index (κ3) is 4.03. The number of esters is 1. The molecule has 1 aromatic heterocycles. The van der Waals surface area contributed by atoms with E-state index in [1.807, 2.05) is 24.3 Å². The number of nitro groups is 1. The van der Waals surface area contributed by atoms with Crippen LogP contribution in [-0.4, -0.2) is 44.0 Å². The second-order valence-electron chi connectivity index (χ2n) is 8.76. The van der Waals surface area contributed by atoms with Gasteiger partial charge in [0, 0.05) is 17.7 Å². The number of tetrazole rings is 1. The maximum Gasteiger partial charge on any atom is 0.355 e. The van der Waals surface area contributed by atoms with Crippen molar-refractivity contribution in [2.24, 2.45) is 0 Å². The number of ether oxygens (including phenoxy) is 1. The highest BCUT2D eigenvalue weighted by molar-refractivity contribution is 6.15. The second kappa shape index (κ2) is 8.50. The van der Waals surface area contributed by atoms with E-state index in [0.717, 1.165) is 5.56 Å². The van der Waals surface area contributed by atoms with Gasteiger partial charge in [0.2, 0.25) is 5.95 Å². The Labute approximate surface area is 194 Å². The number of anilines is 1. The predicted molar refractivity (Wildman–Crippen MR) is 121 cm³/mol. The van der Waals surface area contributed by atoms with E-state index < -0.39 is 22.7 Å². The van der Waals surface area contributed by atoms with Crippen molar-refractivity contribution in [1.82, 2.24) is 20.2 Å². The van der Waals surface area contributed by atoms with Crippen molar-refractivity contribution in [2.45, 2.75) is 32.2 Å². The van der Waals surface area contributed by atoms with E-state index in [-0.39, 0.29) is 33.9 Å². The minimum absolute atomic E-state index is 0.0593. The third-order valence-corrected chi connectivity index (χ3v) is 5.58. The van der Waals surface area contributed by atoms with E-state index in [0.29, 0.717) is 5.56 Å². The molecule has 1 aliphatic rings. The van der Waals surface area contributed by atoms with Crippen molar-refractivity contribution < 1.29 is 19.2 Å². The Morgan fingerprint density at radius 1 is 1.09 bits per heavy atom. The SMILES string of the molecule is COC(=O)C1=C(C(=O)c2ccc([N+](=O)[O-])cc2)[C@@H](c2ccc(C(C)(C)C)cc2)n2nnnc2N1. The number of ketones is 1. The molecule has 0 radical (unpaired) electrons. The van der Waals surface area contributed by atoms with E-state index in [1.165, 1.54) is 36.1 Å². The normalized spacial score (nSPS) is 15.4. The topological polar surface area (TPSA) is 142 Å². The number of allylic oxidation sites excluding steroid dienone is 1. The van der Waals surface area contributed by atoms with Crippen LogP contribution in [0.15, 0.2) is 59.8 Å². The summed E-state index contributed by atoms with van der Waals surface area (Å²) in [5.74, 6) is -1.12. The molecule has 1 aliphatic heterocycles. The Morgan fingerprint density at radius 3 is 2.29 bits per heavy atom. The molecule has 0 unspecified atom stereocenters. The molecule has 11 heteroatoms. The Kier molecular flexibility index (Phi) is 5.70. The fourth-order valence-electron chi connectivity index (χ4n) is 3.75. The first-order chi connectivity index (χ1) is 16.1. The number of hydrogen-bond donors (Lipinski definition) is 1. The molecule has 174 valence electrons. The summed E-state index contributed by atoms with van der Waals surface area (Å²) in [4.78, 5) is 36.9. The molecular formula is C23H22N6O5. The summed E-state index contributed by atoms with van der Waals surface area (Å²) in [5.41, 5.74) is 1.64. The van der Waals surface area contributed by atoms with Crippen molar-refractivity contribution in [1.29, 1.82) is 0 Å². The van der Waals surface area contributed by atoms with Gasteiger partial charge in [0.1, 0.15) is 11.7 Å². The van der Waals surface area contributed by atoms with E-state index >= 15 is 0 Å². The summed E-state index contributed by atoms with van der Waals surface area (Å²) < 4.78 is 6.33. The first-order valence-corrected chi connectivity index (χ1v) is 10.4. The largest absolute Gasteiger partial charge is 0.464 e. The summed E-state index contributed by atoms with van der Waals surface area (Å²) in [6.07, 6.45) is 0. The Morgan fingerprint density at radius 2 is 1.74 bits per heavy atom. The fraction of sp³-hybridized carbons (Fsp3) is 0.261. The number of rotatable bonds is 5. The average Bonchev–Trinajstić information content (AvgIpc) is 3.30. The lowest BCUT2D eigenvalue weighted by Crippen LogP contribution is -2.33. The molecular weight excluding hydrogens is 440 g/mol. The molecule has 0 fully saturated rings. The molecule has 0 saturated heterocycles. The molecule has 11 nitrogen and oxygen atoms in total. The Bertz CT molecular complexity index is 1300. The maximum absolute atomic E-state index is 13.7. The summed E-state index contributed by atoms with van der Waals surface area (Å²) in [5, 5.41) is 25.5. The molecule has 2 heterocycles. The second-order valence-corrected chi connectivity index (χ2v) is 8.76. The lowest BCUT2D eigenvalue weighted by atomic mass is 9.84. The van der Waals surface area contributed by atoms with E-state index in [9.17, 15) is 19.7 Å². The average molecular weight is 462 g/mol. The van der Waals surface area contributed by atoms with Gasteiger partial charge in [-0.2, -0.15) is 4.68 Å². The van der Waals surface area contributed by atoms with Gasteiger partial charge < -0.3 is 10.1 Å². The molecule has 0 amide bonds. The quantitative estimate of drug-likeness (QED) is 0.262. The fourth-order valence-corrected chi connectivity index (χ4v) is 3.75. The Hall–Kier alpha value is -4.41. The minimum atomic E-state index is -0.836. The standard InChI is InChI=1S/C23H22N6O5/c1-23(2,3)15-9-5-13(6-10-15)19-17(20(30)14-7-11-16(12-8-14)29(32)33)18(21(31)34-4)24-22-25-26-27-28(19)22/h5-12,19H,1-4H3,(H,24,25,27)/t19-/m1/s1. The van der Waals surface area contributed by atoms with E-state index in [1.54, 1.807) is 0 Å². The van der Waals surface area contributed by atoms with Crippen LogP contribution in [0, 0.1) is 10.1 Å². The van der Waals surface area contributed by atoms with Crippen LogP contribution in [0.25, 0.3) is 0 Å². The van der Waals surface area contributed by atoms with Gasteiger partial charge in [0.15, 0.2) is 5.78 Å². The number of hydrogen-bond acceptors (Lipinski definition) is 9. The molecule has 0 aliphatic carbocycles. The number of nitro benzene ring substituents is 1. The number of fused-ring (bicyclic) bond motifs is 1. The zero-order valence-electron chi connectivity index (χ0n) is 19.0. The number of aromatic nitrogens is 4.